The maximum Gasteiger partial charge on any atom is 0.123 e. The van der Waals surface area contributed by atoms with Gasteiger partial charge >= 0.3 is 0 Å². The van der Waals surface area contributed by atoms with E-state index in [0.29, 0.717) is 5.92 Å². The molecule has 0 fully saturated rings. The number of hydrogen-bond acceptors (Lipinski definition) is 1. The lowest BCUT2D eigenvalue weighted by Gasteiger charge is -2.15. The molecule has 1 rings (SSSR count). The number of nitrogens with two attached hydrogens (primary N) is 1. The van der Waals surface area contributed by atoms with Crippen molar-refractivity contribution >= 4 is 0 Å². The Morgan fingerprint density at radius 3 is 2.50 bits per heavy atom. The van der Waals surface area contributed by atoms with E-state index >= 15 is 0 Å². The maximum absolute atomic E-state index is 12.7. The molecule has 1 aromatic rings. The lowest BCUT2D eigenvalue weighted by atomic mass is 9.97. The minimum Gasteiger partial charge on any atom is -0.324 e. The SMILES string of the molecule is CC(C)C(N)c1cccc(F)c1. The van der Waals surface area contributed by atoms with E-state index in [1.54, 1.807) is 6.07 Å². The molecule has 0 bridgehead atoms. The van der Waals surface area contributed by atoms with E-state index in [0.717, 1.165) is 5.56 Å². The first-order chi connectivity index (χ1) is 5.61. The van der Waals surface area contributed by atoms with Crippen LogP contribution in [0.2, 0.25) is 0 Å². The first kappa shape index (κ1) is 9.20. The number of rotatable bonds is 2. The molecular formula is C10H14FN. The second-order valence-electron chi connectivity index (χ2n) is 3.32. The second-order valence-corrected chi connectivity index (χ2v) is 3.32. The predicted molar refractivity (Wildman–Crippen MR) is 48.2 cm³/mol. The fourth-order valence-corrected chi connectivity index (χ4v) is 1.10. The van der Waals surface area contributed by atoms with Gasteiger partial charge in [0, 0.05) is 6.04 Å². The van der Waals surface area contributed by atoms with Crippen molar-refractivity contribution in [2.24, 2.45) is 11.7 Å². The molecule has 2 heteroatoms. The molecule has 0 radical (unpaired) electrons. The highest BCUT2D eigenvalue weighted by molar-refractivity contribution is 5.20. The van der Waals surface area contributed by atoms with Crippen LogP contribution in [0.4, 0.5) is 4.39 Å². The van der Waals surface area contributed by atoms with Gasteiger partial charge in [0.15, 0.2) is 0 Å². The average molecular weight is 167 g/mol. The van der Waals surface area contributed by atoms with Gasteiger partial charge in [-0.2, -0.15) is 0 Å². The Balaban J connectivity index is 2.88. The summed E-state index contributed by atoms with van der Waals surface area (Å²) in [4.78, 5) is 0. The molecule has 1 nitrogen and oxygen atoms in total. The van der Waals surface area contributed by atoms with E-state index in [2.05, 4.69) is 0 Å². The average Bonchev–Trinajstić information content (AvgIpc) is 2.03. The van der Waals surface area contributed by atoms with E-state index in [9.17, 15) is 4.39 Å². The Kier molecular flexibility index (Phi) is 2.82. The van der Waals surface area contributed by atoms with Crippen LogP contribution in [0, 0.1) is 11.7 Å². The number of hydrogen-bond donors (Lipinski definition) is 1. The molecule has 0 aliphatic heterocycles. The monoisotopic (exact) mass is 167 g/mol. The quantitative estimate of drug-likeness (QED) is 0.719. The first-order valence-electron chi connectivity index (χ1n) is 4.12. The van der Waals surface area contributed by atoms with Crippen molar-refractivity contribution in [1.82, 2.24) is 0 Å². The van der Waals surface area contributed by atoms with Crippen LogP contribution >= 0.6 is 0 Å². The topological polar surface area (TPSA) is 26.0 Å². The second kappa shape index (κ2) is 3.68. The Hall–Kier alpha value is -0.890. The van der Waals surface area contributed by atoms with E-state index in [4.69, 9.17) is 5.73 Å². The number of benzene rings is 1. The summed E-state index contributed by atoms with van der Waals surface area (Å²) < 4.78 is 12.7. The van der Waals surface area contributed by atoms with Crippen LogP contribution < -0.4 is 5.73 Å². The van der Waals surface area contributed by atoms with Crippen LogP contribution in [-0.4, -0.2) is 0 Å². The Morgan fingerprint density at radius 1 is 1.33 bits per heavy atom. The van der Waals surface area contributed by atoms with Gasteiger partial charge in [-0.1, -0.05) is 26.0 Å². The summed E-state index contributed by atoms with van der Waals surface area (Å²) >= 11 is 0. The molecule has 12 heavy (non-hydrogen) atoms. The van der Waals surface area contributed by atoms with Crippen LogP contribution in [0.3, 0.4) is 0 Å². The van der Waals surface area contributed by atoms with Gasteiger partial charge in [0.25, 0.3) is 0 Å². The molecule has 0 amide bonds. The Labute approximate surface area is 72.4 Å². The Morgan fingerprint density at radius 2 is 2.00 bits per heavy atom. The lowest BCUT2D eigenvalue weighted by Crippen LogP contribution is -2.16. The van der Waals surface area contributed by atoms with Crippen molar-refractivity contribution in [3.63, 3.8) is 0 Å². The molecule has 0 heterocycles. The zero-order valence-corrected chi connectivity index (χ0v) is 7.42. The van der Waals surface area contributed by atoms with E-state index in [1.165, 1.54) is 12.1 Å². The van der Waals surface area contributed by atoms with Gasteiger partial charge in [0.1, 0.15) is 5.82 Å². The zero-order chi connectivity index (χ0) is 9.14. The maximum atomic E-state index is 12.7. The predicted octanol–water partition coefficient (Wildman–Crippen LogP) is 2.48. The summed E-state index contributed by atoms with van der Waals surface area (Å²) in [7, 11) is 0. The van der Waals surface area contributed by atoms with Crippen LogP contribution in [0.5, 0.6) is 0 Å². The highest BCUT2D eigenvalue weighted by Crippen LogP contribution is 2.18. The first-order valence-corrected chi connectivity index (χ1v) is 4.12. The minimum absolute atomic E-state index is 0.0688. The fourth-order valence-electron chi connectivity index (χ4n) is 1.10. The van der Waals surface area contributed by atoms with Crippen LogP contribution in [0.1, 0.15) is 25.5 Å². The van der Waals surface area contributed by atoms with Gasteiger partial charge in [-0.05, 0) is 23.6 Å². The van der Waals surface area contributed by atoms with Gasteiger partial charge in [0.2, 0.25) is 0 Å². The minimum atomic E-state index is -0.219. The highest BCUT2D eigenvalue weighted by Gasteiger charge is 2.09. The van der Waals surface area contributed by atoms with Gasteiger partial charge in [0.05, 0.1) is 0 Å². The summed E-state index contributed by atoms with van der Waals surface area (Å²) in [5, 5.41) is 0. The van der Waals surface area contributed by atoms with Crippen molar-refractivity contribution < 1.29 is 4.39 Å². The molecule has 0 aliphatic rings. The summed E-state index contributed by atoms with van der Waals surface area (Å²) in [6.07, 6.45) is 0. The summed E-state index contributed by atoms with van der Waals surface area (Å²) in [6, 6.07) is 6.39. The van der Waals surface area contributed by atoms with Crippen LogP contribution in [0.25, 0.3) is 0 Å². The molecule has 0 saturated carbocycles. The molecule has 66 valence electrons. The Bertz CT molecular complexity index is 258. The normalized spacial score (nSPS) is 13.4. The fraction of sp³-hybridized carbons (Fsp3) is 0.400. The van der Waals surface area contributed by atoms with Crippen molar-refractivity contribution in [1.29, 1.82) is 0 Å². The smallest absolute Gasteiger partial charge is 0.123 e. The zero-order valence-electron chi connectivity index (χ0n) is 7.42. The molecule has 1 unspecified atom stereocenters. The van der Waals surface area contributed by atoms with Gasteiger partial charge in [-0.3, -0.25) is 0 Å². The van der Waals surface area contributed by atoms with Crippen molar-refractivity contribution in [3.8, 4) is 0 Å². The summed E-state index contributed by atoms with van der Waals surface area (Å²) in [6.45, 7) is 4.05. The van der Waals surface area contributed by atoms with Crippen LogP contribution in [-0.2, 0) is 0 Å². The molecule has 0 aliphatic carbocycles. The van der Waals surface area contributed by atoms with Gasteiger partial charge < -0.3 is 5.73 Å². The van der Waals surface area contributed by atoms with Crippen molar-refractivity contribution in [2.45, 2.75) is 19.9 Å². The third-order valence-corrected chi connectivity index (χ3v) is 1.95. The third kappa shape index (κ3) is 2.05. The van der Waals surface area contributed by atoms with Crippen LogP contribution in [0.15, 0.2) is 24.3 Å². The van der Waals surface area contributed by atoms with E-state index in [-0.39, 0.29) is 11.9 Å². The molecule has 0 aromatic heterocycles. The molecule has 0 spiro atoms. The van der Waals surface area contributed by atoms with Crippen molar-refractivity contribution in [3.05, 3.63) is 35.6 Å². The number of halogens is 1. The van der Waals surface area contributed by atoms with E-state index in [1.807, 2.05) is 19.9 Å². The van der Waals surface area contributed by atoms with E-state index < -0.39 is 0 Å². The summed E-state index contributed by atoms with van der Waals surface area (Å²) in [5.41, 5.74) is 6.71. The standard InChI is InChI=1S/C10H14FN/c1-7(2)10(12)8-4-3-5-9(11)6-8/h3-7,10H,12H2,1-2H3. The molecule has 1 atom stereocenters. The molecule has 0 saturated heterocycles. The van der Waals surface area contributed by atoms with Crippen molar-refractivity contribution in [2.75, 3.05) is 0 Å². The molecule has 2 N–H and O–H groups in total. The molecule has 1 aromatic carbocycles. The lowest BCUT2D eigenvalue weighted by molar-refractivity contribution is 0.510. The van der Waals surface area contributed by atoms with Gasteiger partial charge in [-0.25, -0.2) is 4.39 Å². The third-order valence-electron chi connectivity index (χ3n) is 1.95. The van der Waals surface area contributed by atoms with Gasteiger partial charge in [-0.15, -0.1) is 0 Å². The largest absolute Gasteiger partial charge is 0.324 e. The summed E-state index contributed by atoms with van der Waals surface area (Å²) in [5.74, 6) is 0.121. The molecular weight excluding hydrogens is 153 g/mol. The highest BCUT2D eigenvalue weighted by atomic mass is 19.1.